The number of nitrogens with one attached hydrogen (secondary N) is 1. The first-order valence-corrected chi connectivity index (χ1v) is 5.93. The van der Waals surface area contributed by atoms with Crippen molar-refractivity contribution in [3.63, 3.8) is 0 Å². The van der Waals surface area contributed by atoms with E-state index < -0.39 is 0 Å². The Labute approximate surface area is 97.2 Å². The smallest absolute Gasteiger partial charge is 0.243 e. The van der Waals surface area contributed by atoms with Crippen LogP contribution < -0.4 is 5.32 Å². The number of rotatable bonds is 7. The number of likely N-dealkylation sites (N-methyl/N-ethyl adjacent to an activating group) is 1. The van der Waals surface area contributed by atoms with E-state index in [0.717, 1.165) is 31.9 Å². The van der Waals surface area contributed by atoms with Crippen molar-refractivity contribution in [2.45, 2.75) is 33.2 Å². The minimum absolute atomic E-state index is 0.120. The van der Waals surface area contributed by atoms with E-state index in [4.69, 9.17) is 4.52 Å². The van der Waals surface area contributed by atoms with Gasteiger partial charge in [0, 0.05) is 13.0 Å². The van der Waals surface area contributed by atoms with Gasteiger partial charge in [0.1, 0.15) is 0 Å². The molecule has 0 bridgehead atoms. The molecule has 1 N–H and O–H groups in total. The summed E-state index contributed by atoms with van der Waals surface area (Å²) in [5.74, 6) is 1.46. The van der Waals surface area contributed by atoms with Gasteiger partial charge in [-0.3, -0.25) is 0 Å². The Morgan fingerprint density at radius 3 is 2.62 bits per heavy atom. The second-order valence-electron chi connectivity index (χ2n) is 3.84. The van der Waals surface area contributed by atoms with Crippen LogP contribution in [-0.2, 0) is 6.42 Å². The van der Waals surface area contributed by atoms with Gasteiger partial charge in [-0.05, 0) is 27.1 Å². The van der Waals surface area contributed by atoms with Crippen LogP contribution in [0.5, 0.6) is 0 Å². The molecular weight excluding hydrogens is 204 g/mol. The van der Waals surface area contributed by atoms with E-state index >= 15 is 0 Å². The lowest BCUT2D eigenvalue weighted by molar-refractivity contribution is 0.301. The fourth-order valence-corrected chi connectivity index (χ4v) is 1.47. The predicted molar refractivity (Wildman–Crippen MR) is 63.3 cm³/mol. The Bertz CT molecular complexity index is 296. The van der Waals surface area contributed by atoms with Crippen LogP contribution in [0, 0.1) is 0 Å². The summed E-state index contributed by atoms with van der Waals surface area (Å²) < 4.78 is 5.17. The molecule has 1 aromatic rings. The van der Waals surface area contributed by atoms with Crippen molar-refractivity contribution in [1.29, 1.82) is 0 Å². The number of hydrogen-bond acceptors (Lipinski definition) is 5. The van der Waals surface area contributed by atoms with Crippen molar-refractivity contribution in [3.8, 4) is 0 Å². The van der Waals surface area contributed by atoms with Gasteiger partial charge >= 0.3 is 0 Å². The first-order valence-electron chi connectivity index (χ1n) is 5.93. The highest BCUT2D eigenvalue weighted by Gasteiger charge is 2.12. The third-order valence-corrected chi connectivity index (χ3v) is 2.83. The molecule has 1 unspecified atom stereocenters. The summed E-state index contributed by atoms with van der Waals surface area (Å²) in [6.07, 6.45) is 0.849. The Balaban J connectivity index is 2.46. The molecule has 0 saturated heterocycles. The highest BCUT2D eigenvalue weighted by atomic mass is 16.5. The standard InChI is InChI=1S/C11H22N4O/c1-5-15(6-2)8-7-10-13-11(16-14-10)9(3)12-4/h9,12H,5-8H2,1-4H3. The zero-order valence-corrected chi connectivity index (χ0v) is 10.7. The first-order chi connectivity index (χ1) is 7.71. The summed E-state index contributed by atoms with van der Waals surface area (Å²) in [6, 6.07) is 0.120. The minimum atomic E-state index is 0.120. The second kappa shape index (κ2) is 6.60. The molecule has 0 amide bonds. The van der Waals surface area contributed by atoms with Crippen molar-refractivity contribution in [2.24, 2.45) is 0 Å². The van der Waals surface area contributed by atoms with Crippen LogP contribution in [0.1, 0.15) is 38.5 Å². The summed E-state index contributed by atoms with van der Waals surface area (Å²) in [4.78, 5) is 6.70. The summed E-state index contributed by atoms with van der Waals surface area (Å²) in [5, 5.41) is 7.05. The van der Waals surface area contributed by atoms with Crippen LogP contribution in [0.25, 0.3) is 0 Å². The Hall–Kier alpha value is -0.940. The molecule has 0 radical (unpaired) electrons. The SMILES string of the molecule is CCN(CC)CCc1noc(C(C)NC)n1. The molecule has 0 spiro atoms. The zero-order chi connectivity index (χ0) is 12.0. The summed E-state index contributed by atoms with van der Waals surface area (Å²) in [7, 11) is 1.88. The maximum absolute atomic E-state index is 5.17. The molecule has 1 aromatic heterocycles. The van der Waals surface area contributed by atoms with Crippen LogP contribution in [0.15, 0.2) is 4.52 Å². The van der Waals surface area contributed by atoms with Crippen molar-refractivity contribution in [2.75, 3.05) is 26.7 Å². The van der Waals surface area contributed by atoms with E-state index in [2.05, 4.69) is 34.2 Å². The Morgan fingerprint density at radius 1 is 1.38 bits per heavy atom. The Morgan fingerprint density at radius 2 is 2.06 bits per heavy atom. The van der Waals surface area contributed by atoms with Gasteiger partial charge in [-0.15, -0.1) is 0 Å². The zero-order valence-electron chi connectivity index (χ0n) is 10.7. The van der Waals surface area contributed by atoms with E-state index in [1.54, 1.807) is 0 Å². The van der Waals surface area contributed by atoms with Crippen LogP contribution in [0.3, 0.4) is 0 Å². The monoisotopic (exact) mass is 226 g/mol. The largest absolute Gasteiger partial charge is 0.338 e. The van der Waals surface area contributed by atoms with E-state index in [1.807, 2.05) is 14.0 Å². The molecule has 0 fully saturated rings. The van der Waals surface area contributed by atoms with E-state index in [-0.39, 0.29) is 6.04 Å². The maximum atomic E-state index is 5.17. The molecule has 1 heterocycles. The lowest BCUT2D eigenvalue weighted by atomic mass is 10.3. The van der Waals surface area contributed by atoms with Gasteiger partial charge in [0.25, 0.3) is 0 Å². The van der Waals surface area contributed by atoms with Crippen LogP contribution in [-0.4, -0.2) is 41.7 Å². The van der Waals surface area contributed by atoms with E-state index in [9.17, 15) is 0 Å². The third kappa shape index (κ3) is 3.57. The van der Waals surface area contributed by atoms with Crippen LogP contribution in [0.2, 0.25) is 0 Å². The van der Waals surface area contributed by atoms with Gasteiger partial charge in [0.15, 0.2) is 5.82 Å². The molecule has 92 valence electrons. The molecule has 0 aliphatic carbocycles. The highest BCUT2D eigenvalue weighted by Crippen LogP contribution is 2.08. The van der Waals surface area contributed by atoms with E-state index in [1.165, 1.54) is 0 Å². The second-order valence-corrected chi connectivity index (χ2v) is 3.84. The lowest BCUT2D eigenvalue weighted by Gasteiger charge is -2.16. The number of hydrogen-bond donors (Lipinski definition) is 1. The molecule has 0 aromatic carbocycles. The predicted octanol–water partition coefficient (Wildman–Crippen LogP) is 1.23. The average Bonchev–Trinajstić information content (AvgIpc) is 2.78. The number of aromatic nitrogens is 2. The quantitative estimate of drug-likeness (QED) is 0.758. The molecule has 1 atom stereocenters. The van der Waals surface area contributed by atoms with Gasteiger partial charge in [0.05, 0.1) is 6.04 Å². The third-order valence-electron chi connectivity index (χ3n) is 2.83. The molecule has 16 heavy (non-hydrogen) atoms. The van der Waals surface area contributed by atoms with Crippen molar-refractivity contribution in [3.05, 3.63) is 11.7 Å². The molecule has 5 nitrogen and oxygen atoms in total. The molecule has 0 aliphatic heterocycles. The van der Waals surface area contributed by atoms with Crippen LogP contribution in [0.4, 0.5) is 0 Å². The van der Waals surface area contributed by atoms with Crippen molar-refractivity contribution in [1.82, 2.24) is 20.4 Å². The van der Waals surface area contributed by atoms with Gasteiger partial charge in [-0.25, -0.2) is 0 Å². The summed E-state index contributed by atoms with van der Waals surface area (Å²) in [6.45, 7) is 9.44. The topological polar surface area (TPSA) is 54.2 Å². The van der Waals surface area contributed by atoms with Gasteiger partial charge in [-0.1, -0.05) is 19.0 Å². The fraction of sp³-hybridized carbons (Fsp3) is 0.818. The van der Waals surface area contributed by atoms with Gasteiger partial charge < -0.3 is 14.7 Å². The van der Waals surface area contributed by atoms with Crippen LogP contribution >= 0.6 is 0 Å². The molecule has 5 heteroatoms. The van der Waals surface area contributed by atoms with Gasteiger partial charge in [-0.2, -0.15) is 4.98 Å². The minimum Gasteiger partial charge on any atom is -0.338 e. The normalized spacial score (nSPS) is 13.3. The molecular formula is C11H22N4O. The van der Waals surface area contributed by atoms with E-state index in [0.29, 0.717) is 5.89 Å². The molecule has 0 saturated carbocycles. The summed E-state index contributed by atoms with van der Waals surface area (Å²) >= 11 is 0. The maximum Gasteiger partial charge on any atom is 0.243 e. The fourth-order valence-electron chi connectivity index (χ4n) is 1.47. The molecule has 0 aliphatic rings. The lowest BCUT2D eigenvalue weighted by Crippen LogP contribution is -2.25. The average molecular weight is 226 g/mol. The first kappa shape index (κ1) is 13.1. The molecule has 1 rings (SSSR count). The van der Waals surface area contributed by atoms with Crippen molar-refractivity contribution < 1.29 is 4.52 Å². The summed E-state index contributed by atoms with van der Waals surface area (Å²) in [5.41, 5.74) is 0. The van der Waals surface area contributed by atoms with Gasteiger partial charge in [0.2, 0.25) is 5.89 Å². The highest BCUT2D eigenvalue weighted by molar-refractivity contribution is 4.91. The Kier molecular flexibility index (Phi) is 5.42. The number of nitrogens with zero attached hydrogens (tertiary/aromatic N) is 3. The van der Waals surface area contributed by atoms with Crippen molar-refractivity contribution >= 4 is 0 Å².